The summed E-state index contributed by atoms with van der Waals surface area (Å²) in [6.45, 7) is 0. The van der Waals surface area contributed by atoms with Gasteiger partial charge in [0.15, 0.2) is 0 Å². The summed E-state index contributed by atoms with van der Waals surface area (Å²) in [5.41, 5.74) is 18.0. The van der Waals surface area contributed by atoms with Gasteiger partial charge < -0.3 is 13.8 Å². The predicted molar refractivity (Wildman–Crippen MR) is 354 cm³/mol. The zero-order valence-corrected chi connectivity index (χ0v) is 46.2. The highest BCUT2D eigenvalue weighted by molar-refractivity contribution is 6.35. The van der Waals surface area contributed by atoms with E-state index in [-0.39, 0.29) is 5.28 Å². The minimum atomic E-state index is 0.280. The first-order valence-electron chi connectivity index (χ1n) is 28.6. The molecule has 12 aromatic carbocycles. The van der Waals surface area contributed by atoms with Gasteiger partial charge in [-0.1, -0.05) is 206 Å². The molecule has 8 nitrogen and oxygen atoms in total. The Labute approximate surface area is 489 Å². The molecule has 20 aromatic rings. The number of rotatable bonds is 3. The van der Waals surface area contributed by atoms with Gasteiger partial charge in [0.05, 0.1) is 72.1 Å². The Morgan fingerprint density at radius 3 is 1.28 bits per heavy atom. The van der Waals surface area contributed by atoms with Gasteiger partial charge in [-0.2, -0.15) is 0 Å². The Kier molecular flexibility index (Phi) is 10.3. The van der Waals surface area contributed by atoms with E-state index in [9.17, 15) is 0 Å². The molecule has 0 aliphatic rings. The molecule has 0 saturated carbocycles. The molecular weight excluding hydrogens is 1060 g/mol. The third-order valence-corrected chi connectivity index (χ3v) is 17.5. The van der Waals surface area contributed by atoms with E-state index in [2.05, 4.69) is 235 Å². The summed E-state index contributed by atoms with van der Waals surface area (Å²) >= 11 is 5.95. The normalized spacial score (nSPS) is 12.1. The van der Waals surface area contributed by atoms with Crippen molar-refractivity contribution in [3.05, 3.63) is 272 Å². The fourth-order valence-corrected chi connectivity index (χ4v) is 14.0. The number of halogens is 1. The molecule has 0 aliphatic heterocycles. The number of aromatic amines is 1. The first kappa shape index (κ1) is 47.4. The molecule has 8 heterocycles. The van der Waals surface area contributed by atoms with Crippen LogP contribution in [0.3, 0.4) is 0 Å². The third-order valence-electron chi connectivity index (χ3n) is 17.3. The van der Waals surface area contributed by atoms with E-state index in [1.165, 1.54) is 109 Å². The van der Waals surface area contributed by atoms with Crippen molar-refractivity contribution < 1.29 is 0 Å². The molecule has 0 aliphatic carbocycles. The van der Waals surface area contributed by atoms with Gasteiger partial charge in [-0.25, -0.2) is 19.9 Å². The molecule has 0 unspecified atom stereocenters. The molecule has 0 radical (unpaired) electrons. The number of benzene rings is 12. The van der Waals surface area contributed by atoms with Crippen LogP contribution < -0.4 is 0 Å². The van der Waals surface area contributed by atoms with Crippen LogP contribution in [0.5, 0.6) is 0 Å². The number of nitrogens with one attached hydrogen (secondary N) is 1. The Morgan fingerprint density at radius 2 is 0.694 bits per heavy atom. The van der Waals surface area contributed by atoms with Crippen molar-refractivity contribution in [2.24, 2.45) is 0 Å². The van der Waals surface area contributed by atoms with Crippen LogP contribution in [-0.4, -0.2) is 38.3 Å². The van der Waals surface area contributed by atoms with Crippen LogP contribution >= 0.6 is 11.6 Å². The van der Waals surface area contributed by atoms with Crippen molar-refractivity contribution >= 4 is 153 Å². The van der Waals surface area contributed by atoms with Crippen molar-refractivity contribution in [3.63, 3.8) is 0 Å². The van der Waals surface area contributed by atoms with E-state index in [1.54, 1.807) is 0 Å². The van der Waals surface area contributed by atoms with Crippen molar-refractivity contribution in [2.75, 3.05) is 0 Å². The lowest BCUT2D eigenvalue weighted by molar-refractivity contribution is 1.02. The van der Waals surface area contributed by atoms with Gasteiger partial charge in [-0.05, 0) is 72.3 Å². The van der Waals surface area contributed by atoms with Crippen molar-refractivity contribution in [1.82, 2.24) is 38.3 Å². The highest BCUT2D eigenvalue weighted by Gasteiger charge is 2.26. The number of H-pyrrole nitrogens is 1. The molecule has 8 aromatic heterocycles. The summed E-state index contributed by atoms with van der Waals surface area (Å²) in [6, 6.07) is 93.7. The summed E-state index contributed by atoms with van der Waals surface area (Å²) in [5.74, 6) is 0.682. The number of hydrogen-bond acceptors (Lipinski definition) is 4. The Balaban J connectivity index is 0.000000108. The molecule has 0 spiro atoms. The largest absolute Gasteiger partial charge is 0.354 e. The quantitative estimate of drug-likeness (QED) is 0.179. The van der Waals surface area contributed by atoms with Gasteiger partial charge in [0.1, 0.15) is 0 Å². The highest BCUT2D eigenvalue weighted by Crippen LogP contribution is 2.48. The van der Waals surface area contributed by atoms with Gasteiger partial charge in [0.2, 0.25) is 11.2 Å². The average molecular weight is 1110 g/mol. The van der Waals surface area contributed by atoms with Crippen LogP contribution in [0.15, 0.2) is 267 Å². The van der Waals surface area contributed by atoms with Gasteiger partial charge in [0, 0.05) is 92.1 Å². The van der Waals surface area contributed by atoms with Gasteiger partial charge in [0.25, 0.3) is 0 Å². The SMILES string of the molecule is Clc1nc(-c2ccccc2)c2ccccc2n1.c1ccc(-c2nc(-n3c4ccccc4c4cc5c6ccccc6n6c7ccccc7c(c43)c56)nc3ccccc23)cc1.c1ccc2c(c1)[nH]c1c2cc2c3ccccc3n3c4ccccc4c1c23. The fourth-order valence-electron chi connectivity index (χ4n) is 13.8. The van der Waals surface area contributed by atoms with Crippen LogP contribution in [0.2, 0.25) is 5.28 Å². The summed E-state index contributed by atoms with van der Waals surface area (Å²) in [6.07, 6.45) is 0. The van der Waals surface area contributed by atoms with E-state index in [0.29, 0.717) is 5.95 Å². The van der Waals surface area contributed by atoms with Crippen molar-refractivity contribution in [1.29, 1.82) is 0 Å². The molecule has 0 fully saturated rings. The number of para-hydroxylation sites is 8. The standard InChI is InChI=1S/C38H22N4.C24H14N2.C14H9ClN2/c1-2-12-23(13-3-1)35-26-16-4-8-18-30(26)39-38(40-35)42-32-20-10-6-15-25(32)29-22-28-24-14-5-9-19-31(24)41-33-21-11-7-17-27(33)34(36(28)41)37(29)42;1-4-10-19-14(7-1)17-13-18-15-8-2-5-11-20(15)26-21-12-6-3-9-16(21)22(24(18)26)23(17)25-19;15-14-16-12-9-5-4-8-11(12)13(17-14)10-6-2-1-3-7-10/h1-22H;1-13,25H;1-9H. The first-order chi connectivity index (χ1) is 42.1. The molecule has 396 valence electrons. The average Bonchev–Trinajstić information content (AvgIpc) is 1.58. The first-order valence-corrected chi connectivity index (χ1v) is 29.0. The summed E-state index contributed by atoms with van der Waals surface area (Å²) < 4.78 is 7.16. The van der Waals surface area contributed by atoms with E-state index in [1.807, 2.05) is 60.7 Å². The van der Waals surface area contributed by atoms with E-state index in [0.717, 1.165) is 55.4 Å². The molecule has 0 bridgehead atoms. The van der Waals surface area contributed by atoms with Crippen LogP contribution in [0.1, 0.15) is 0 Å². The maximum Gasteiger partial charge on any atom is 0.235 e. The molecule has 85 heavy (non-hydrogen) atoms. The number of aromatic nitrogens is 8. The molecule has 1 N–H and O–H groups in total. The lowest BCUT2D eigenvalue weighted by Gasteiger charge is -2.12. The summed E-state index contributed by atoms with van der Waals surface area (Å²) in [4.78, 5) is 22.8. The minimum absolute atomic E-state index is 0.280. The Morgan fingerprint density at radius 1 is 0.294 bits per heavy atom. The predicted octanol–water partition coefficient (Wildman–Crippen LogP) is 20.0. The highest BCUT2D eigenvalue weighted by atomic mass is 35.5. The van der Waals surface area contributed by atoms with E-state index < -0.39 is 0 Å². The number of hydrogen-bond donors (Lipinski definition) is 1. The molecule has 0 saturated heterocycles. The maximum atomic E-state index is 5.95. The number of fused-ring (bicyclic) bond motifs is 22. The van der Waals surface area contributed by atoms with E-state index >= 15 is 0 Å². The summed E-state index contributed by atoms with van der Waals surface area (Å²) in [5, 5.41) is 17.7. The van der Waals surface area contributed by atoms with Gasteiger partial charge >= 0.3 is 0 Å². The smallest absolute Gasteiger partial charge is 0.235 e. The third kappa shape index (κ3) is 6.97. The van der Waals surface area contributed by atoms with Gasteiger partial charge in [-0.15, -0.1) is 0 Å². The maximum absolute atomic E-state index is 5.95. The summed E-state index contributed by atoms with van der Waals surface area (Å²) in [7, 11) is 0. The molecular formula is C76H45ClN8. The fraction of sp³-hybridized carbons (Fsp3) is 0. The zero-order valence-electron chi connectivity index (χ0n) is 45.4. The lowest BCUT2D eigenvalue weighted by atomic mass is 10.0. The van der Waals surface area contributed by atoms with Crippen molar-refractivity contribution in [3.8, 4) is 28.5 Å². The Bertz CT molecular complexity index is 6060. The number of nitrogens with zero attached hydrogens (tertiary/aromatic N) is 7. The lowest BCUT2D eigenvalue weighted by Crippen LogP contribution is -2.03. The minimum Gasteiger partial charge on any atom is -0.354 e. The van der Waals surface area contributed by atoms with Crippen LogP contribution in [0.4, 0.5) is 0 Å². The van der Waals surface area contributed by atoms with E-state index in [4.69, 9.17) is 21.6 Å². The van der Waals surface area contributed by atoms with Gasteiger partial charge in [-0.3, -0.25) is 4.57 Å². The molecule has 0 atom stereocenters. The molecule has 0 amide bonds. The second-order valence-electron chi connectivity index (χ2n) is 21.9. The Hall–Kier alpha value is -11.2. The van der Waals surface area contributed by atoms with Crippen molar-refractivity contribution in [2.45, 2.75) is 0 Å². The van der Waals surface area contributed by atoms with Crippen LogP contribution in [0, 0.1) is 0 Å². The monoisotopic (exact) mass is 1100 g/mol. The second kappa shape index (κ2) is 18.4. The molecule has 20 rings (SSSR count). The van der Waals surface area contributed by atoms with Crippen LogP contribution in [-0.2, 0) is 0 Å². The molecule has 9 heteroatoms. The zero-order chi connectivity index (χ0) is 55.9. The van der Waals surface area contributed by atoms with Crippen LogP contribution in [0.25, 0.3) is 170 Å². The second-order valence-corrected chi connectivity index (χ2v) is 22.2. The topological polar surface area (TPSA) is 81.1 Å².